The van der Waals surface area contributed by atoms with Crippen molar-refractivity contribution in [1.29, 1.82) is 0 Å². The predicted molar refractivity (Wildman–Crippen MR) is 157 cm³/mol. The fourth-order valence-electron chi connectivity index (χ4n) is 5.39. The van der Waals surface area contributed by atoms with Gasteiger partial charge in [0, 0.05) is 15.7 Å². The molecule has 0 bridgehead atoms. The highest BCUT2D eigenvalue weighted by molar-refractivity contribution is 7.80. The molecule has 7 nitrogen and oxygen atoms in total. The van der Waals surface area contributed by atoms with Crippen LogP contribution >= 0.6 is 35.4 Å². The van der Waals surface area contributed by atoms with Gasteiger partial charge in [-0.25, -0.2) is 9.67 Å². The van der Waals surface area contributed by atoms with Crippen molar-refractivity contribution in [2.75, 3.05) is 4.90 Å². The minimum Gasteiger partial charge on any atom is -0.466 e. The Morgan fingerprint density at radius 3 is 2.42 bits per heavy atom. The monoisotopic (exact) mass is 570 g/mol. The van der Waals surface area contributed by atoms with Crippen molar-refractivity contribution < 1.29 is 4.74 Å². The van der Waals surface area contributed by atoms with E-state index < -0.39 is 6.23 Å². The van der Waals surface area contributed by atoms with Crippen molar-refractivity contribution in [3.63, 3.8) is 0 Å². The van der Waals surface area contributed by atoms with Crippen molar-refractivity contribution in [1.82, 2.24) is 20.1 Å². The van der Waals surface area contributed by atoms with Gasteiger partial charge in [0.2, 0.25) is 6.23 Å². The van der Waals surface area contributed by atoms with Gasteiger partial charge >= 0.3 is 0 Å². The number of halogens is 2. The first-order valence-corrected chi connectivity index (χ1v) is 14.1. The lowest BCUT2D eigenvalue weighted by Gasteiger charge is -2.42. The van der Waals surface area contributed by atoms with E-state index in [0.29, 0.717) is 20.9 Å². The summed E-state index contributed by atoms with van der Waals surface area (Å²) in [5.41, 5.74) is 0.301. The number of aliphatic imine (C=N–C) groups is 1. The van der Waals surface area contributed by atoms with Gasteiger partial charge in [0.05, 0.1) is 0 Å². The quantitative estimate of drug-likeness (QED) is 0.319. The van der Waals surface area contributed by atoms with Gasteiger partial charge in [0.1, 0.15) is 35.8 Å². The standard InChI is InChI=1S/C28H32Cl2N6OS/c1-27(2,3)23(24(35-18-31-17-32-35)37-22-12-10-19(29)11-13-22)33-25-28(14-5-4-6-15-28)36(26(38)34-25)21-9-7-8-20(30)16-21/h7-13,16-18,23-24H,4-6,14-15H2,1-3H3,(H,33,34,38)/t23-,24-/m0/s1. The average molecular weight is 572 g/mol. The zero-order chi connectivity index (χ0) is 26.9. The van der Waals surface area contributed by atoms with E-state index in [0.717, 1.165) is 37.2 Å². The number of nitrogens with one attached hydrogen (secondary N) is 1. The van der Waals surface area contributed by atoms with Crippen LogP contribution in [0.4, 0.5) is 5.69 Å². The Morgan fingerprint density at radius 2 is 1.79 bits per heavy atom. The highest BCUT2D eigenvalue weighted by Gasteiger charge is 2.51. The summed E-state index contributed by atoms with van der Waals surface area (Å²) in [7, 11) is 0. The van der Waals surface area contributed by atoms with Crippen LogP contribution in [0, 0.1) is 5.41 Å². The Kier molecular flexibility index (Phi) is 7.67. The number of hydrogen-bond acceptors (Lipinski definition) is 5. The zero-order valence-corrected chi connectivity index (χ0v) is 24.1. The summed E-state index contributed by atoms with van der Waals surface area (Å²) in [4.78, 5) is 11.9. The summed E-state index contributed by atoms with van der Waals surface area (Å²) in [6.07, 6.45) is 7.88. The molecule has 38 heavy (non-hydrogen) atoms. The molecule has 0 unspecified atom stereocenters. The van der Waals surface area contributed by atoms with Crippen molar-refractivity contribution in [3.05, 3.63) is 71.2 Å². The lowest BCUT2D eigenvalue weighted by Crippen LogP contribution is -2.52. The van der Waals surface area contributed by atoms with E-state index in [1.807, 2.05) is 42.5 Å². The first-order chi connectivity index (χ1) is 18.2. The smallest absolute Gasteiger partial charge is 0.215 e. The average Bonchev–Trinajstić information content (AvgIpc) is 3.49. The summed E-state index contributed by atoms with van der Waals surface area (Å²) < 4.78 is 8.27. The number of aromatic nitrogens is 3. The number of benzene rings is 2. The molecule has 1 spiro atoms. The van der Waals surface area contributed by atoms with Gasteiger partial charge in [0.25, 0.3) is 0 Å². The van der Waals surface area contributed by atoms with Gasteiger partial charge < -0.3 is 15.0 Å². The van der Waals surface area contributed by atoms with Gasteiger partial charge in [-0.2, -0.15) is 5.10 Å². The summed E-state index contributed by atoms with van der Waals surface area (Å²) >= 11 is 18.5. The molecule has 0 amide bonds. The Balaban J connectivity index is 1.60. The number of hydrogen-bond donors (Lipinski definition) is 1. The van der Waals surface area contributed by atoms with Crippen molar-refractivity contribution >= 4 is 52.1 Å². The largest absolute Gasteiger partial charge is 0.466 e. The second kappa shape index (κ2) is 10.8. The SMILES string of the molecule is CC(C)(C)[C@@H](N=C1NC(=S)N(c2cccc(Cl)c2)C12CCCCC2)[C@H](Oc1ccc(Cl)cc1)n1cncn1. The summed E-state index contributed by atoms with van der Waals surface area (Å²) in [6, 6.07) is 14.9. The van der Waals surface area contributed by atoms with E-state index in [1.165, 1.54) is 12.7 Å². The Morgan fingerprint density at radius 1 is 1.05 bits per heavy atom. The van der Waals surface area contributed by atoms with Crippen LogP contribution in [0.2, 0.25) is 10.0 Å². The summed E-state index contributed by atoms with van der Waals surface area (Å²) in [5.74, 6) is 1.54. The van der Waals surface area contributed by atoms with Gasteiger partial charge in [-0.05, 0) is 72.9 Å². The van der Waals surface area contributed by atoms with Crippen LogP contribution in [-0.4, -0.2) is 37.3 Å². The van der Waals surface area contributed by atoms with Crippen molar-refractivity contribution in [2.24, 2.45) is 10.4 Å². The zero-order valence-electron chi connectivity index (χ0n) is 21.8. The molecule has 1 saturated carbocycles. The maximum Gasteiger partial charge on any atom is 0.215 e. The van der Waals surface area contributed by atoms with Gasteiger partial charge in [0.15, 0.2) is 5.11 Å². The maximum absolute atomic E-state index is 6.55. The second-order valence-electron chi connectivity index (χ2n) is 11.0. The number of thiocarbonyl (C=S) groups is 1. The molecule has 2 aromatic carbocycles. The molecule has 3 aromatic rings. The van der Waals surface area contributed by atoms with E-state index in [4.69, 9.17) is 45.1 Å². The van der Waals surface area contributed by atoms with Gasteiger partial charge in [-0.3, -0.25) is 4.99 Å². The first kappa shape index (κ1) is 26.9. The number of ether oxygens (including phenoxy) is 1. The highest BCUT2D eigenvalue weighted by atomic mass is 35.5. The molecule has 0 radical (unpaired) electrons. The molecule has 5 rings (SSSR count). The molecule has 1 saturated heterocycles. The van der Waals surface area contributed by atoms with Crippen molar-refractivity contribution in [3.8, 4) is 5.75 Å². The topological polar surface area (TPSA) is 67.6 Å². The molecular weight excluding hydrogens is 539 g/mol. The van der Waals surface area contributed by atoms with Crippen LogP contribution in [0.25, 0.3) is 0 Å². The predicted octanol–water partition coefficient (Wildman–Crippen LogP) is 7.07. The molecule has 2 atom stereocenters. The fourth-order valence-corrected chi connectivity index (χ4v) is 6.08. The van der Waals surface area contributed by atoms with Crippen LogP contribution in [0.5, 0.6) is 5.75 Å². The minimum atomic E-state index is -0.553. The van der Waals surface area contributed by atoms with Gasteiger partial charge in [-0.1, -0.05) is 69.3 Å². The molecule has 2 heterocycles. The third-order valence-corrected chi connectivity index (χ3v) is 8.01. The van der Waals surface area contributed by atoms with Gasteiger partial charge in [-0.15, -0.1) is 0 Å². The van der Waals surface area contributed by atoms with Crippen LogP contribution in [0.15, 0.2) is 66.2 Å². The third-order valence-electron chi connectivity index (χ3n) is 7.24. The lowest BCUT2D eigenvalue weighted by molar-refractivity contribution is 0.0469. The number of rotatable bonds is 6. The molecule has 200 valence electrons. The highest BCUT2D eigenvalue weighted by Crippen LogP contribution is 2.43. The molecule has 1 N–H and O–H groups in total. The Hall–Kier alpha value is -2.68. The summed E-state index contributed by atoms with van der Waals surface area (Å²) in [6.45, 7) is 6.48. The number of anilines is 1. The Bertz CT molecular complexity index is 1300. The lowest BCUT2D eigenvalue weighted by atomic mass is 9.79. The molecule has 1 aliphatic carbocycles. The van der Waals surface area contributed by atoms with E-state index in [2.05, 4.69) is 47.1 Å². The first-order valence-electron chi connectivity index (χ1n) is 12.9. The molecule has 2 fully saturated rings. The van der Waals surface area contributed by atoms with Crippen LogP contribution in [0.3, 0.4) is 0 Å². The number of amidine groups is 1. The normalized spacial score (nSPS) is 20.0. The molecule has 1 aliphatic heterocycles. The van der Waals surface area contributed by atoms with Crippen LogP contribution in [0.1, 0.15) is 59.1 Å². The maximum atomic E-state index is 6.55. The second-order valence-corrected chi connectivity index (χ2v) is 12.2. The number of nitrogens with zero attached hydrogens (tertiary/aromatic N) is 5. The molecular formula is C28H32Cl2N6OS. The summed E-state index contributed by atoms with van der Waals surface area (Å²) in [5, 5.41) is 9.90. The van der Waals surface area contributed by atoms with E-state index in [9.17, 15) is 0 Å². The molecule has 10 heteroatoms. The fraction of sp³-hybridized carbons (Fsp3) is 0.429. The van der Waals surface area contributed by atoms with E-state index in [1.54, 1.807) is 11.0 Å². The minimum absolute atomic E-state index is 0.293. The van der Waals surface area contributed by atoms with E-state index >= 15 is 0 Å². The van der Waals surface area contributed by atoms with E-state index in [-0.39, 0.29) is 17.0 Å². The molecule has 1 aromatic heterocycles. The molecule has 2 aliphatic rings. The van der Waals surface area contributed by atoms with Crippen LogP contribution in [-0.2, 0) is 0 Å². The van der Waals surface area contributed by atoms with Crippen molar-refractivity contribution in [2.45, 2.75) is 70.7 Å². The third kappa shape index (κ3) is 5.40. The Labute approximate surface area is 239 Å². The van der Waals surface area contributed by atoms with Crippen LogP contribution < -0.4 is 15.0 Å².